The molecule has 3 aromatic rings. The summed E-state index contributed by atoms with van der Waals surface area (Å²) in [4.78, 5) is 24.4. The number of carbonyl (C=O) groups excluding carboxylic acids is 2. The molecule has 0 aliphatic heterocycles. The maximum Gasteiger partial charge on any atom is 0.255 e. The third-order valence-electron chi connectivity index (χ3n) is 4.00. The Bertz CT molecular complexity index is 975. The molecular weight excluding hydrogens is 427 g/mol. The minimum atomic E-state index is -0.207. The molecule has 2 N–H and O–H groups in total. The first-order valence-corrected chi connectivity index (χ1v) is 10.7. The number of halogens is 2. The average Bonchev–Trinajstić information content (AvgIpc) is 2.71. The molecule has 3 rings (SSSR count). The van der Waals surface area contributed by atoms with Crippen molar-refractivity contribution in [3.05, 3.63) is 94.0 Å². The molecule has 3 aromatic carbocycles. The molecule has 0 heterocycles. The Balaban J connectivity index is 1.49. The lowest BCUT2D eigenvalue weighted by Crippen LogP contribution is -2.15. The van der Waals surface area contributed by atoms with E-state index in [-0.39, 0.29) is 17.6 Å². The van der Waals surface area contributed by atoms with E-state index in [1.165, 1.54) is 11.8 Å². The van der Waals surface area contributed by atoms with Gasteiger partial charge in [0.1, 0.15) is 0 Å². The molecule has 0 aliphatic rings. The Morgan fingerprint density at radius 2 is 1.38 bits per heavy atom. The van der Waals surface area contributed by atoms with Gasteiger partial charge in [-0.05, 0) is 54.1 Å². The highest BCUT2D eigenvalue weighted by molar-refractivity contribution is 7.99. The Morgan fingerprint density at radius 3 is 2.03 bits per heavy atom. The van der Waals surface area contributed by atoms with Gasteiger partial charge >= 0.3 is 0 Å². The number of anilines is 2. The molecule has 0 spiro atoms. The molecule has 0 aromatic heterocycles. The van der Waals surface area contributed by atoms with E-state index in [9.17, 15) is 9.59 Å². The van der Waals surface area contributed by atoms with Crippen LogP contribution < -0.4 is 10.6 Å². The second-order valence-corrected chi connectivity index (χ2v) is 7.94. The fraction of sp³-hybridized carbons (Fsp3) is 0.0909. The number of carbonyl (C=O) groups is 2. The van der Waals surface area contributed by atoms with Crippen LogP contribution in [0.5, 0.6) is 0 Å². The van der Waals surface area contributed by atoms with Crippen molar-refractivity contribution in [3.8, 4) is 0 Å². The zero-order valence-corrected chi connectivity index (χ0v) is 17.7. The summed E-state index contributed by atoms with van der Waals surface area (Å²) < 4.78 is 0. The molecule has 7 heteroatoms. The van der Waals surface area contributed by atoms with E-state index in [1.807, 2.05) is 30.3 Å². The summed E-state index contributed by atoms with van der Waals surface area (Å²) in [5, 5.41) is 6.82. The van der Waals surface area contributed by atoms with Crippen LogP contribution in [-0.2, 0) is 10.5 Å². The quantitative estimate of drug-likeness (QED) is 0.461. The number of rotatable bonds is 7. The molecule has 0 bridgehead atoms. The van der Waals surface area contributed by atoms with E-state index >= 15 is 0 Å². The average molecular weight is 445 g/mol. The Morgan fingerprint density at radius 1 is 0.759 bits per heavy atom. The van der Waals surface area contributed by atoms with E-state index in [2.05, 4.69) is 10.6 Å². The van der Waals surface area contributed by atoms with Crippen LogP contribution >= 0.6 is 35.0 Å². The summed E-state index contributed by atoms with van der Waals surface area (Å²) in [6.45, 7) is 0. The first-order valence-electron chi connectivity index (χ1n) is 8.80. The molecule has 0 aliphatic carbocycles. The number of hydrogen-bond donors (Lipinski definition) is 2. The third kappa shape index (κ3) is 6.26. The largest absolute Gasteiger partial charge is 0.325 e. The van der Waals surface area contributed by atoms with Gasteiger partial charge < -0.3 is 10.6 Å². The normalized spacial score (nSPS) is 10.4. The first-order chi connectivity index (χ1) is 14.0. The zero-order chi connectivity index (χ0) is 20.6. The second-order valence-electron chi connectivity index (χ2n) is 6.14. The first kappa shape index (κ1) is 21.2. The van der Waals surface area contributed by atoms with E-state index in [0.29, 0.717) is 27.0 Å². The summed E-state index contributed by atoms with van der Waals surface area (Å²) in [6.07, 6.45) is 0. The van der Waals surface area contributed by atoms with E-state index < -0.39 is 0 Å². The lowest BCUT2D eigenvalue weighted by Gasteiger charge is -2.09. The highest BCUT2D eigenvalue weighted by Gasteiger charge is 2.09. The van der Waals surface area contributed by atoms with Crippen LogP contribution in [0.25, 0.3) is 0 Å². The maximum atomic E-state index is 12.3. The fourth-order valence-corrected chi connectivity index (χ4v) is 4.11. The molecule has 0 saturated heterocycles. The van der Waals surface area contributed by atoms with Crippen molar-refractivity contribution in [1.82, 2.24) is 0 Å². The minimum Gasteiger partial charge on any atom is -0.325 e. The van der Waals surface area contributed by atoms with Gasteiger partial charge in [0.15, 0.2) is 0 Å². The van der Waals surface area contributed by atoms with Gasteiger partial charge in [-0.25, -0.2) is 0 Å². The van der Waals surface area contributed by atoms with E-state index in [0.717, 1.165) is 11.3 Å². The molecule has 0 radical (unpaired) electrons. The Labute approximate surface area is 183 Å². The van der Waals surface area contributed by atoms with Crippen LogP contribution in [0.3, 0.4) is 0 Å². The third-order valence-corrected chi connectivity index (χ3v) is 5.67. The molecule has 0 saturated carbocycles. The summed E-state index contributed by atoms with van der Waals surface area (Å²) in [7, 11) is 0. The van der Waals surface area contributed by atoms with Gasteiger partial charge in [0.05, 0.1) is 5.75 Å². The molecular formula is C22H18Cl2N2O2S. The molecule has 2 amide bonds. The SMILES string of the molecule is O=C(CSCc1c(Cl)cccc1Cl)Nc1ccc(C(=O)Nc2ccccc2)cc1. The van der Waals surface area contributed by atoms with Gasteiger partial charge in [-0.1, -0.05) is 47.5 Å². The van der Waals surface area contributed by atoms with Gasteiger partial charge in [0.25, 0.3) is 5.91 Å². The molecule has 148 valence electrons. The number of hydrogen-bond acceptors (Lipinski definition) is 3. The molecule has 0 atom stereocenters. The number of thioether (sulfide) groups is 1. The number of nitrogens with one attached hydrogen (secondary N) is 2. The van der Waals surface area contributed by atoms with Crippen LogP contribution in [0.4, 0.5) is 11.4 Å². The summed E-state index contributed by atoms with van der Waals surface area (Å²) in [5.74, 6) is 0.461. The Kier molecular flexibility index (Phi) is 7.58. The van der Waals surface area contributed by atoms with Crippen LogP contribution in [0, 0.1) is 0 Å². The molecule has 29 heavy (non-hydrogen) atoms. The van der Waals surface area contributed by atoms with Crippen LogP contribution in [0.2, 0.25) is 10.0 Å². The number of amides is 2. The molecule has 0 fully saturated rings. The summed E-state index contributed by atoms with van der Waals surface area (Å²) in [5.41, 5.74) is 2.69. The fourth-order valence-electron chi connectivity index (χ4n) is 2.54. The molecule has 4 nitrogen and oxygen atoms in total. The highest BCUT2D eigenvalue weighted by Crippen LogP contribution is 2.28. The predicted molar refractivity (Wildman–Crippen MR) is 122 cm³/mol. The highest BCUT2D eigenvalue weighted by atomic mass is 35.5. The van der Waals surface area contributed by atoms with Crippen molar-refractivity contribution < 1.29 is 9.59 Å². The summed E-state index contributed by atoms with van der Waals surface area (Å²) >= 11 is 13.7. The van der Waals surface area contributed by atoms with Crippen LogP contribution in [-0.4, -0.2) is 17.6 Å². The van der Waals surface area contributed by atoms with Crippen LogP contribution in [0.1, 0.15) is 15.9 Å². The maximum absolute atomic E-state index is 12.3. The van der Waals surface area contributed by atoms with Gasteiger partial charge in [-0.3, -0.25) is 9.59 Å². The summed E-state index contributed by atoms with van der Waals surface area (Å²) in [6, 6.07) is 21.3. The van der Waals surface area contributed by atoms with Crippen molar-refractivity contribution >= 4 is 58.2 Å². The van der Waals surface area contributed by atoms with Crippen molar-refractivity contribution in [3.63, 3.8) is 0 Å². The lowest BCUT2D eigenvalue weighted by molar-refractivity contribution is -0.113. The van der Waals surface area contributed by atoms with Gasteiger partial charge in [-0.2, -0.15) is 0 Å². The van der Waals surface area contributed by atoms with Gasteiger partial charge in [-0.15, -0.1) is 11.8 Å². The smallest absolute Gasteiger partial charge is 0.255 e. The zero-order valence-electron chi connectivity index (χ0n) is 15.3. The lowest BCUT2D eigenvalue weighted by atomic mass is 10.2. The Hall–Kier alpha value is -2.47. The van der Waals surface area contributed by atoms with Crippen molar-refractivity contribution in [2.45, 2.75) is 5.75 Å². The van der Waals surface area contributed by atoms with Crippen molar-refractivity contribution in [2.24, 2.45) is 0 Å². The predicted octanol–water partition coefficient (Wildman–Crippen LogP) is 6.12. The van der Waals surface area contributed by atoms with Gasteiger partial charge in [0, 0.05) is 32.7 Å². The van der Waals surface area contributed by atoms with Crippen LogP contribution in [0.15, 0.2) is 72.8 Å². The standard InChI is InChI=1S/C22H18Cl2N2O2S/c23-19-7-4-8-20(24)18(19)13-29-14-21(27)25-17-11-9-15(10-12-17)22(28)26-16-5-2-1-3-6-16/h1-12H,13-14H2,(H,25,27)(H,26,28). The minimum absolute atomic E-state index is 0.139. The van der Waals surface area contributed by atoms with Crippen molar-refractivity contribution in [1.29, 1.82) is 0 Å². The monoisotopic (exact) mass is 444 g/mol. The molecule has 0 unspecified atom stereocenters. The van der Waals surface area contributed by atoms with Crippen molar-refractivity contribution in [2.75, 3.05) is 16.4 Å². The topological polar surface area (TPSA) is 58.2 Å². The van der Waals surface area contributed by atoms with E-state index in [1.54, 1.807) is 42.5 Å². The van der Waals surface area contributed by atoms with Gasteiger partial charge in [0.2, 0.25) is 5.91 Å². The number of para-hydroxylation sites is 1. The number of benzene rings is 3. The second kappa shape index (κ2) is 10.3. The van der Waals surface area contributed by atoms with E-state index in [4.69, 9.17) is 23.2 Å².